The second-order valence-corrected chi connectivity index (χ2v) is 7.47. The van der Waals surface area contributed by atoms with Crippen LogP contribution in [0.1, 0.15) is 24.0 Å². The second kappa shape index (κ2) is 8.63. The van der Waals surface area contributed by atoms with Crippen molar-refractivity contribution in [3.05, 3.63) is 29.3 Å². The summed E-state index contributed by atoms with van der Waals surface area (Å²) in [7, 11) is -4.85. The van der Waals surface area contributed by atoms with Gasteiger partial charge in [-0.15, -0.1) is 0 Å². The second-order valence-electron chi connectivity index (χ2n) is 5.74. The van der Waals surface area contributed by atoms with Crippen LogP contribution in [-0.2, 0) is 32.6 Å². The Hall–Kier alpha value is -1.66. The average molecular weight is 372 g/mol. The number of aliphatic hydroxyl groups is 1. The molecule has 0 saturated heterocycles. The first-order valence-corrected chi connectivity index (χ1v) is 9.45. The maximum absolute atomic E-state index is 11.9. The number of primary sulfonamides is 1. The molecule has 0 aromatic heterocycles. The van der Waals surface area contributed by atoms with Crippen LogP contribution in [0.15, 0.2) is 18.2 Å². The zero-order valence-corrected chi connectivity index (χ0v) is 14.4. The topological polar surface area (TPSA) is 148 Å². The summed E-state index contributed by atoms with van der Waals surface area (Å²) in [5, 5.41) is 26.4. The number of para-hydroxylation sites is 1. The molecule has 9 nitrogen and oxygen atoms in total. The smallest absolute Gasteiger partial charge is 0.534 e. The molecule has 1 aliphatic heterocycles. The number of hydrogen-bond donors (Lipinski definition) is 4. The van der Waals surface area contributed by atoms with Gasteiger partial charge in [0, 0.05) is 12.0 Å². The fourth-order valence-corrected chi connectivity index (χ4v) is 3.14. The van der Waals surface area contributed by atoms with E-state index in [1.807, 2.05) is 6.07 Å². The molecule has 0 aliphatic carbocycles. The van der Waals surface area contributed by atoms with Crippen LogP contribution in [0.4, 0.5) is 0 Å². The Morgan fingerprint density at radius 3 is 2.92 bits per heavy atom. The average Bonchev–Trinajstić information content (AvgIpc) is 2.52. The normalized spacial score (nSPS) is 16.9. The standard InChI is InChI=1S/C14H21BN2O7S/c16-25(21,22)6-2-5-13(19)17-12-7-10-3-1-4-11(8-23-9-18)14(10)24-15(12)20/h1,3-4,12,18,20H,2,5-9H2,(H,17,19)(H2,16,21,22)/t12-/m0/s1. The number of nitrogens with two attached hydrogens (primary N) is 1. The Bertz CT molecular complexity index is 713. The number of sulfonamides is 1. The molecule has 1 atom stereocenters. The van der Waals surface area contributed by atoms with Crippen molar-refractivity contribution in [1.82, 2.24) is 5.32 Å². The van der Waals surface area contributed by atoms with Gasteiger partial charge < -0.3 is 24.8 Å². The van der Waals surface area contributed by atoms with Gasteiger partial charge in [0.2, 0.25) is 15.9 Å². The van der Waals surface area contributed by atoms with Gasteiger partial charge in [0.05, 0.1) is 18.3 Å². The van der Waals surface area contributed by atoms with Gasteiger partial charge in [-0.1, -0.05) is 18.2 Å². The van der Waals surface area contributed by atoms with Crippen molar-refractivity contribution in [2.24, 2.45) is 5.14 Å². The van der Waals surface area contributed by atoms with Crippen molar-refractivity contribution in [3.8, 4) is 5.75 Å². The van der Waals surface area contributed by atoms with E-state index in [4.69, 9.17) is 19.6 Å². The molecule has 1 aliphatic rings. The molecule has 5 N–H and O–H groups in total. The third-order valence-electron chi connectivity index (χ3n) is 3.73. The van der Waals surface area contributed by atoms with E-state index in [1.165, 1.54) is 0 Å². The third kappa shape index (κ3) is 5.97. The summed E-state index contributed by atoms with van der Waals surface area (Å²) < 4.78 is 32.2. The van der Waals surface area contributed by atoms with Crippen LogP contribution >= 0.6 is 0 Å². The summed E-state index contributed by atoms with van der Waals surface area (Å²) in [5.74, 6) is -0.840. The predicted molar refractivity (Wildman–Crippen MR) is 89.8 cm³/mol. The van der Waals surface area contributed by atoms with E-state index in [2.05, 4.69) is 5.32 Å². The molecule has 25 heavy (non-hydrogen) atoms. The number of benzene rings is 1. The fourth-order valence-electron chi connectivity index (χ4n) is 2.60. The van der Waals surface area contributed by atoms with Crippen molar-refractivity contribution >= 4 is 23.0 Å². The minimum atomic E-state index is -3.60. The van der Waals surface area contributed by atoms with E-state index in [1.54, 1.807) is 12.1 Å². The monoisotopic (exact) mass is 372 g/mol. The van der Waals surface area contributed by atoms with Gasteiger partial charge in [0.25, 0.3) is 0 Å². The SMILES string of the molecule is NS(=O)(=O)CCCC(=O)N[C@H]1Cc2cccc(COCO)c2OB1O. The van der Waals surface area contributed by atoms with Crippen molar-refractivity contribution < 1.29 is 32.7 Å². The summed E-state index contributed by atoms with van der Waals surface area (Å²) in [6, 6.07) is 5.36. The molecule has 2 rings (SSSR count). The van der Waals surface area contributed by atoms with Gasteiger partial charge in [-0.25, -0.2) is 13.6 Å². The molecule has 0 saturated carbocycles. The summed E-state index contributed by atoms with van der Waals surface area (Å²) in [5.41, 5.74) is 1.47. The molecule has 0 bridgehead atoms. The van der Waals surface area contributed by atoms with E-state index in [0.717, 1.165) is 5.56 Å². The van der Waals surface area contributed by atoms with Crippen LogP contribution in [0, 0.1) is 0 Å². The number of carbonyl (C=O) groups is 1. The Morgan fingerprint density at radius 1 is 1.48 bits per heavy atom. The zero-order valence-electron chi connectivity index (χ0n) is 13.6. The highest BCUT2D eigenvalue weighted by Gasteiger charge is 2.36. The molecule has 0 spiro atoms. The van der Waals surface area contributed by atoms with Gasteiger partial charge in [-0.3, -0.25) is 4.79 Å². The van der Waals surface area contributed by atoms with Crippen LogP contribution in [0.3, 0.4) is 0 Å². The first-order chi connectivity index (χ1) is 11.8. The molecule has 1 aromatic rings. The third-order valence-corrected chi connectivity index (χ3v) is 4.59. The first-order valence-electron chi connectivity index (χ1n) is 7.74. The molecule has 1 heterocycles. The highest BCUT2D eigenvalue weighted by atomic mass is 32.2. The minimum Gasteiger partial charge on any atom is -0.534 e. The zero-order chi connectivity index (χ0) is 18.4. The molecule has 138 valence electrons. The largest absolute Gasteiger partial charge is 0.547 e. The number of hydrogen-bond acceptors (Lipinski definition) is 7. The van der Waals surface area contributed by atoms with Gasteiger partial charge in [0.1, 0.15) is 12.5 Å². The minimum absolute atomic E-state index is 0.0170. The van der Waals surface area contributed by atoms with E-state index in [-0.39, 0.29) is 31.1 Å². The Balaban J connectivity index is 1.96. The highest BCUT2D eigenvalue weighted by Crippen LogP contribution is 2.30. The summed E-state index contributed by atoms with van der Waals surface area (Å²) in [6.45, 7) is -0.291. The number of nitrogens with one attached hydrogen (secondary N) is 1. The van der Waals surface area contributed by atoms with Crippen LogP contribution in [0.25, 0.3) is 0 Å². The van der Waals surface area contributed by atoms with E-state index >= 15 is 0 Å². The quantitative estimate of drug-likeness (QED) is 0.326. The molecular weight excluding hydrogens is 351 g/mol. The van der Waals surface area contributed by atoms with Gasteiger partial charge in [-0.05, 0) is 18.4 Å². The van der Waals surface area contributed by atoms with Crippen molar-refractivity contribution in [2.75, 3.05) is 12.5 Å². The first kappa shape index (κ1) is 19.7. The molecule has 0 fully saturated rings. The Kier molecular flexibility index (Phi) is 6.79. The fraction of sp³-hybridized carbons (Fsp3) is 0.500. The maximum Gasteiger partial charge on any atom is 0.547 e. The molecule has 1 amide bonds. The van der Waals surface area contributed by atoms with E-state index in [9.17, 15) is 18.2 Å². The number of rotatable bonds is 8. The van der Waals surface area contributed by atoms with Crippen LogP contribution in [0.5, 0.6) is 5.75 Å². The van der Waals surface area contributed by atoms with Crippen LogP contribution in [-0.4, -0.2) is 50.1 Å². The van der Waals surface area contributed by atoms with E-state index in [0.29, 0.717) is 17.7 Å². The molecule has 0 radical (unpaired) electrons. The lowest BCUT2D eigenvalue weighted by Crippen LogP contribution is -2.53. The number of amides is 1. The van der Waals surface area contributed by atoms with Crippen LogP contribution in [0.2, 0.25) is 0 Å². The Labute approximate surface area is 146 Å². The number of fused-ring (bicyclic) bond motifs is 1. The lowest BCUT2D eigenvalue weighted by atomic mass is 9.72. The molecule has 1 aromatic carbocycles. The lowest BCUT2D eigenvalue weighted by molar-refractivity contribution is -0.121. The van der Waals surface area contributed by atoms with Crippen molar-refractivity contribution in [3.63, 3.8) is 0 Å². The number of carbonyl (C=O) groups excluding carboxylic acids is 1. The molecule has 11 heteroatoms. The summed E-state index contributed by atoms with van der Waals surface area (Å²) >= 11 is 0. The summed E-state index contributed by atoms with van der Waals surface area (Å²) in [4.78, 5) is 11.9. The molecular formula is C14H21BN2O7S. The number of ether oxygens (including phenoxy) is 1. The van der Waals surface area contributed by atoms with Crippen molar-refractivity contribution in [2.45, 2.75) is 31.8 Å². The van der Waals surface area contributed by atoms with Crippen LogP contribution < -0.4 is 15.1 Å². The predicted octanol–water partition coefficient (Wildman–Crippen LogP) is -1.34. The lowest BCUT2D eigenvalue weighted by Gasteiger charge is -2.29. The van der Waals surface area contributed by atoms with Gasteiger partial charge >= 0.3 is 7.12 Å². The maximum atomic E-state index is 11.9. The van der Waals surface area contributed by atoms with Gasteiger partial charge in [0.15, 0.2) is 0 Å². The highest BCUT2D eigenvalue weighted by molar-refractivity contribution is 7.89. The van der Waals surface area contributed by atoms with Gasteiger partial charge in [-0.2, -0.15) is 0 Å². The van der Waals surface area contributed by atoms with E-state index < -0.39 is 29.9 Å². The molecule has 0 unspecified atom stereocenters. The van der Waals surface area contributed by atoms with Crippen molar-refractivity contribution in [1.29, 1.82) is 0 Å². The Morgan fingerprint density at radius 2 is 2.24 bits per heavy atom. The summed E-state index contributed by atoms with van der Waals surface area (Å²) in [6.07, 6.45) is 0.439. The number of aliphatic hydroxyl groups excluding tert-OH is 1.